The average Bonchev–Trinajstić information content (AvgIpc) is 3.38. The number of thiazole rings is 1. The zero-order chi connectivity index (χ0) is 27.2. The molecule has 0 unspecified atom stereocenters. The van der Waals surface area contributed by atoms with Crippen LogP contribution in [0.1, 0.15) is 42.2 Å². The number of Topliss-reactive ketones (excluding diaryl/α,β-unsaturated/α-hetero) is 1. The van der Waals surface area contributed by atoms with Crippen LogP contribution in [0.15, 0.2) is 101 Å². The van der Waals surface area contributed by atoms with Gasteiger partial charge in [-0.2, -0.15) is 0 Å². The highest BCUT2D eigenvalue weighted by Crippen LogP contribution is 2.32. The Kier molecular flexibility index (Phi) is 8.15. The second kappa shape index (κ2) is 12.1. The second-order valence-electron chi connectivity index (χ2n) is 8.91. The van der Waals surface area contributed by atoms with Gasteiger partial charge in [-0.3, -0.25) is 14.4 Å². The van der Waals surface area contributed by atoms with Gasteiger partial charge in [-0.05, 0) is 42.8 Å². The minimum Gasteiger partial charge on any atom is -0.348 e. The monoisotopic (exact) mass is 551 g/mol. The van der Waals surface area contributed by atoms with E-state index >= 15 is 0 Å². The molecule has 5 rings (SSSR count). The van der Waals surface area contributed by atoms with Crippen LogP contribution in [0.2, 0.25) is 0 Å². The summed E-state index contributed by atoms with van der Waals surface area (Å²) in [4.78, 5) is 43.1. The number of anilines is 1. The van der Waals surface area contributed by atoms with E-state index in [4.69, 9.17) is 0 Å². The molecule has 0 saturated heterocycles. The maximum Gasteiger partial charge on any atom is 0.256 e. The maximum atomic E-state index is 13.1. The molecule has 4 aromatic carbocycles. The van der Waals surface area contributed by atoms with Crippen LogP contribution < -0.4 is 10.6 Å². The van der Waals surface area contributed by atoms with E-state index in [1.807, 2.05) is 73.7 Å². The summed E-state index contributed by atoms with van der Waals surface area (Å²) in [5.41, 5.74) is 4.77. The van der Waals surface area contributed by atoms with Gasteiger partial charge < -0.3 is 10.6 Å². The third-order valence-corrected chi connectivity index (χ3v) is 8.20. The molecule has 2 N–H and O–H groups in total. The van der Waals surface area contributed by atoms with Crippen molar-refractivity contribution in [2.45, 2.75) is 17.8 Å². The number of benzene rings is 4. The van der Waals surface area contributed by atoms with E-state index in [0.717, 1.165) is 25.7 Å². The lowest BCUT2D eigenvalue weighted by Crippen LogP contribution is -2.26. The van der Waals surface area contributed by atoms with Gasteiger partial charge in [0.1, 0.15) is 0 Å². The van der Waals surface area contributed by atoms with Crippen molar-refractivity contribution >= 4 is 56.6 Å². The summed E-state index contributed by atoms with van der Waals surface area (Å²) in [6.07, 6.45) is 0. The Morgan fingerprint density at radius 1 is 0.821 bits per heavy atom. The average molecular weight is 552 g/mol. The molecule has 0 aliphatic carbocycles. The number of hydrogen-bond donors (Lipinski definition) is 2. The summed E-state index contributed by atoms with van der Waals surface area (Å²) < 4.78 is 1.68. The largest absolute Gasteiger partial charge is 0.348 e. The van der Waals surface area contributed by atoms with E-state index in [1.165, 1.54) is 23.1 Å². The number of rotatable bonds is 9. The first-order valence-electron chi connectivity index (χ1n) is 12.3. The molecule has 1 aromatic heterocycles. The number of nitrogens with zero attached hydrogens (tertiary/aromatic N) is 1. The lowest BCUT2D eigenvalue weighted by Gasteiger charge is -2.11. The van der Waals surface area contributed by atoms with E-state index < -0.39 is 0 Å². The summed E-state index contributed by atoms with van der Waals surface area (Å²) >= 11 is 2.87. The van der Waals surface area contributed by atoms with Gasteiger partial charge in [-0.1, -0.05) is 84.1 Å². The quantitative estimate of drug-likeness (QED) is 0.156. The van der Waals surface area contributed by atoms with Crippen molar-refractivity contribution in [2.75, 3.05) is 11.1 Å². The number of hydrogen-bond acceptors (Lipinski definition) is 6. The molecule has 0 aliphatic rings. The normalized spacial score (nSPS) is 10.8. The van der Waals surface area contributed by atoms with Gasteiger partial charge >= 0.3 is 0 Å². The molecule has 0 radical (unpaired) electrons. The fourth-order valence-electron chi connectivity index (χ4n) is 3.94. The number of aryl methyl sites for hydroxylation is 1. The van der Waals surface area contributed by atoms with E-state index in [2.05, 4.69) is 15.6 Å². The minimum atomic E-state index is -0.373. The first-order chi connectivity index (χ1) is 19.0. The molecular weight excluding hydrogens is 526 g/mol. The van der Waals surface area contributed by atoms with Crippen LogP contribution >= 0.6 is 23.1 Å². The Labute approximate surface area is 234 Å². The Morgan fingerprint density at radius 3 is 2.26 bits per heavy atom. The smallest absolute Gasteiger partial charge is 0.256 e. The number of ketones is 1. The highest BCUT2D eigenvalue weighted by molar-refractivity contribution is 8.01. The number of fused-ring (bicyclic) bond motifs is 1. The lowest BCUT2D eigenvalue weighted by atomic mass is 10.1. The molecule has 8 heteroatoms. The van der Waals surface area contributed by atoms with Crippen LogP contribution in [-0.2, 0) is 6.54 Å². The van der Waals surface area contributed by atoms with Crippen LogP contribution in [0.25, 0.3) is 10.2 Å². The van der Waals surface area contributed by atoms with E-state index in [9.17, 15) is 14.4 Å². The Hall–Kier alpha value is -4.27. The van der Waals surface area contributed by atoms with Crippen LogP contribution in [0, 0.1) is 6.92 Å². The summed E-state index contributed by atoms with van der Waals surface area (Å²) in [7, 11) is 0. The number of carbonyl (C=O) groups is 3. The zero-order valence-electron chi connectivity index (χ0n) is 21.1. The fourth-order valence-corrected chi connectivity index (χ4v) is 5.95. The lowest BCUT2D eigenvalue weighted by molar-refractivity contribution is 0.0937. The molecule has 2 amide bonds. The number of nitrogens with one attached hydrogen (secondary N) is 2. The first kappa shape index (κ1) is 26.3. The molecule has 5 aromatic rings. The molecular formula is C31H25N3O3S2. The van der Waals surface area contributed by atoms with Crippen molar-refractivity contribution in [1.29, 1.82) is 0 Å². The number of carbonyl (C=O) groups excluding carboxylic acids is 3. The van der Waals surface area contributed by atoms with E-state index in [-0.39, 0.29) is 17.6 Å². The summed E-state index contributed by atoms with van der Waals surface area (Å²) in [5.74, 6) is -0.332. The predicted octanol–water partition coefficient (Wildman–Crippen LogP) is 6.76. The molecule has 0 bridgehead atoms. The summed E-state index contributed by atoms with van der Waals surface area (Å²) in [6.45, 7) is 2.36. The second-order valence-corrected chi connectivity index (χ2v) is 11.2. The van der Waals surface area contributed by atoms with Crippen molar-refractivity contribution in [3.63, 3.8) is 0 Å². The van der Waals surface area contributed by atoms with Gasteiger partial charge in [-0.15, -0.1) is 11.3 Å². The topological polar surface area (TPSA) is 88.2 Å². The molecule has 0 spiro atoms. The van der Waals surface area contributed by atoms with Crippen LogP contribution in [0.3, 0.4) is 0 Å². The van der Waals surface area contributed by atoms with Gasteiger partial charge in [0.15, 0.2) is 10.1 Å². The minimum absolute atomic E-state index is 0.0543. The third-order valence-electron chi connectivity index (χ3n) is 6.04. The van der Waals surface area contributed by atoms with Gasteiger partial charge in [0.05, 0.1) is 27.1 Å². The molecule has 0 saturated carbocycles. The van der Waals surface area contributed by atoms with Crippen molar-refractivity contribution in [1.82, 2.24) is 10.3 Å². The molecule has 194 valence electrons. The van der Waals surface area contributed by atoms with Crippen LogP contribution in [0.5, 0.6) is 0 Å². The van der Waals surface area contributed by atoms with Gasteiger partial charge in [-0.25, -0.2) is 4.98 Å². The van der Waals surface area contributed by atoms with Crippen molar-refractivity contribution < 1.29 is 14.4 Å². The predicted molar refractivity (Wildman–Crippen MR) is 158 cm³/mol. The van der Waals surface area contributed by atoms with Crippen molar-refractivity contribution in [3.05, 3.63) is 125 Å². The molecule has 0 atom stereocenters. The summed E-state index contributed by atoms with van der Waals surface area (Å²) in [6, 6.07) is 29.4. The molecule has 0 aliphatic heterocycles. The SMILES string of the molecule is Cc1ccc(C(=O)CSc2nc3ccc(NC(=O)c4ccccc4C(=O)NCc4ccccc4)cc3s2)cc1. The van der Waals surface area contributed by atoms with E-state index in [0.29, 0.717) is 34.7 Å². The molecule has 0 fully saturated rings. The van der Waals surface area contributed by atoms with Gasteiger partial charge in [0.2, 0.25) is 0 Å². The Morgan fingerprint density at radius 2 is 1.51 bits per heavy atom. The van der Waals surface area contributed by atoms with Gasteiger partial charge in [0, 0.05) is 17.8 Å². The third kappa shape index (κ3) is 6.60. The maximum absolute atomic E-state index is 13.1. The summed E-state index contributed by atoms with van der Waals surface area (Å²) in [5, 5.41) is 5.79. The number of aromatic nitrogens is 1. The first-order valence-corrected chi connectivity index (χ1v) is 14.1. The highest BCUT2D eigenvalue weighted by Gasteiger charge is 2.17. The van der Waals surface area contributed by atoms with Crippen molar-refractivity contribution in [2.24, 2.45) is 0 Å². The Bertz CT molecular complexity index is 1650. The highest BCUT2D eigenvalue weighted by atomic mass is 32.2. The Balaban J connectivity index is 1.24. The molecule has 39 heavy (non-hydrogen) atoms. The number of amides is 2. The van der Waals surface area contributed by atoms with Crippen LogP contribution in [-0.4, -0.2) is 28.3 Å². The van der Waals surface area contributed by atoms with Crippen molar-refractivity contribution in [3.8, 4) is 0 Å². The standard InChI is InChI=1S/C31H25N3O3S2/c1-20-11-13-22(14-12-20)27(35)19-38-31-34-26-16-15-23(17-28(26)39-31)33-30(37)25-10-6-5-9-24(25)29(36)32-18-21-7-3-2-4-8-21/h2-17H,18-19H2,1H3,(H,32,36)(H,33,37). The van der Waals surface area contributed by atoms with Crippen LogP contribution in [0.4, 0.5) is 5.69 Å². The molecule has 6 nitrogen and oxygen atoms in total. The number of thioether (sulfide) groups is 1. The zero-order valence-corrected chi connectivity index (χ0v) is 22.8. The fraction of sp³-hybridized carbons (Fsp3) is 0.0968. The van der Waals surface area contributed by atoms with Gasteiger partial charge in [0.25, 0.3) is 11.8 Å². The molecule has 1 heterocycles. The van der Waals surface area contributed by atoms with E-state index in [1.54, 1.807) is 30.3 Å².